The lowest BCUT2D eigenvalue weighted by Gasteiger charge is -2.18. The van der Waals surface area contributed by atoms with Crippen molar-refractivity contribution >= 4 is 66.4 Å². The van der Waals surface area contributed by atoms with Crippen LogP contribution in [0.2, 0.25) is 10.0 Å². The molecule has 2 rings (SSSR count). The molecule has 0 aliphatic carbocycles. The molecule has 0 radical (unpaired) electrons. The fraction of sp³-hybridized carbons (Fsp3) is 0.231. The van der Waals surface area contributed by atoms with E-state index in [1.54, 1.807) is 17.4 Å². The maximum absolute atomic E-state index is 6.10. The molecule has 6 heteroatoms. The van der Waals surface area contributed by atoms with Crippen LogP contribution in [0.5, 0.6) is 0 Å². The van der Waals surface area contributed by atoms with Gasteiger partial charge in [-0.05, 0) is 73.8 Å². The molecule has 0 spiro atoms. The van der Waals surface area contributed by atoms with E-state index in [-0.39, 0.29) is 6.04 Å². The highest BCUT2D eigenvalue weighted by molar-refractivity contribution is 9.12. The van der Waals surface area contributed by atoms with E-state index in [4.69, 9.17) is 23.2 Å². The molecular weight excluding hydrogens is 433 g/mol. The van der Waals surface area contributed by atoms with Crippen LogP contribution in [0.15, 0.2) is 31.8 Å². The largest absolute Gasteiger partial charge is 0.306 e. The Morgan fingerprint density at radius 1 is 1.16 bits per heavy atom. The summed E-state index contributed by atoms with van der Waals surface area (Å²) in [5, 5.41) is 4.76. The van der Waals surface area contributed by atoms with Crippen LogP contribution in [0, 0.1) is 0 Å². The summed E-state index contributed by atoms with van der Waals surface area (Å²) < 4.78 is 2.19. The van der Waals surface area contributed by atoms with Gasteiger partial charge in [0.25, 0.3) is 0 Å². The zero-order chi connectivity index (χ0) is 14.0. The Kier molecular flexibility index (Phi) is 5.76. The molecular formula is C13H11Br2Cl2NS. The van der Waals surface area contributed by atoms with Crippen molar-refractivity contribution in [2.45, 2.75) is 13.0 Å². The van der Waals surface area contributed by atoms with Gasteiger partial charge in [-0.15, -0.1) is 11.3 Å². The van der Waals surface area contributed by atoms with Crippen LogP contribution >= 0.6 is 66.4 Å². The molecule has 1 aromatic carbocycles. The van der Waals surface area contributed by atoms with E-state index in [1.165, 1.54) is 5.56 Å². The van der Waals surface area contributed by atoms with E-state index < -0.39 is 0 Å². The summed E-state index contributed by atoms with van der Waals surface area (Å²) >= 11 is 21.0. The minimum absolute atomic E-state index is 0.0677. The Hall–Kier alpha value is 0.420. The van der Waals surface area contributed by atoms with Gasteiger partial charge < -0.3 is 5.32 Å². The summed E-state index contributed by atoms with van der Waals surface area (Å²) in [4.78, 5) is 0. The third kappa shape index (κ3) is 3.96. The molecule has 0 amide bonds. The molecule has 0 aliphatic rings. The van der Waals surface area contributed by atoms with Crippen LogP contribution in [0.25, 0.3) is 0 Å². The van der Waals surface area contributed by atoms with Gasteiger partial charge in [0.2, 0.25) is 0 Å². The van der Waals surface area contributed by atoms with E-state index in [2.05, 4.69) is 50.2 Å². The van der Waals surface area contributed by atoms with Crippen LogP contribution in [0.1, 0.15) is 24.1 Å². The predicted octanol–water partition coefficient (Wildman–Crippen LogP) is 6.28. The van der Waals surface area contributed by atoms with E-state index in [1.807, 2.05) is 12.1 Å². The van der Waals surface area contributed by atoms with Gasteiger partial charge in [-0.2, -0.15) is 0 Å². The number of hydrogen-bond acceptors (Lipinski definition) is 2. The summed E-state index contributed by atoms with van der Waals surface area (Å²) in [5.74, 6) is 0. The second kappa shape index (κ2) is 6.92. The highest BCUT2D eigenvalue weighted by Gasteiger charge is 2.19. The smallest absolute Gasteiger partial charge is 0.0761 e. The van der Waals surface area contributed by atoms with Gasteiger partial charge in [0.15, 0.2) is 0 Å². The number of thiophene rings is 1. The van der Waals surface area contributed by atoms with E-state index in [9.17, 15) is 0 Å². The van der Waals surface area contributed by atoms with Crippen LogP contribution in [0.3, 0.4) is 0 Å². The normalized spacial score (nSPS) is 12.7. The molecule has 2 aromatic rings. The Balaban J connectivity index is 2.47. The zero-order valence-corrected chi connectivity index (χ0v) is 15.5. The van der Waals surface area contributed by atoms with E-state index in [0.29, 0.717) is 10.0 Å². The van der Waals surface area contributed by atoms with Crippen molar-refractivity contribution in [3.05, 3.63) is 53.0 Å². The summed E-state index contributed by atoms with van der Waals surface area (Å²) in [6, 6.07) is 7.81. The molecule has 0 fully saturated rings. The second-order valence-corrected chi connectivity index (χ2v) is 8.60. The maximum atomic E-state index is 6.10. The monoisotopic (exact) mass is 441 g/mol. The quantitative estimate of drug-likeness (QED) is 0.586. The lowest BCUT2D eigenvalue weighted by atomic mass is 10.0. The van der Waals surface area contributed by atoms with Gasteiger partial charge >= 0.3 is 0 Å². The number of halogens is 4. The highest BCUT2D eigenvalue weighted by atomic mass is 79.9. The van der Waals surface area contributed by atoms with Crippen LogP contribution in [-0.2, 0) is 0 Å². The zero-order valence-electron chi connectivity index (χ0n) is 10.0. The van der Waals surface area contributed by atoms with Crippen molar-refractivity contribution in [3.63, 3.8) is 0 Å². The first-order chi connectivity index (χ1) is 9.01. The van der Waals surface area contributed by atoms with Crippen LogP contribution in [-0.4, -0.2) is 6.54 Å². The second-order valence-electron chi connectivity index (χ2n) is 3.97. The molecule has 102 valence electrons. The van der Waals surface area contributed by atoms with Crippen LogP contribution < -0.4 is 5.32 Å². The van der Waals surface area contributed by atoms with Gasteiger partial charge in [-0.1, -0.05) is 30.1 Å². The molecule has 1 unspecified atom stereocenters. The van der Waals surface area contributed by atoms with Gasteiger partial charge in [-0.25, -0.2) is 0 Å². The molecule has 1 atom stereocenters. The van der Waals surface area contributed by atoms with Crippen molar-refractivity contribution < 1.29 is 0 Å². The minimum Gasteiger partial charge on any atom is -0.306 e. The van der Waals surface area contributed by atoms with Gasteiger partial charge in [0, 0.05) is 10.0 Å². The van der Waals surface area contributed by atoms with Gasteiger partial charge in [-0.3, -0.25) is 0 Å². The fourth-order valence-electron chi connectivity index (χ4n) is 1.90. The molecule has 0 saturated heterocycles. The molecule has 0 bridgehead atoms. The summed E-state index contributed by atoms with van der Waals surface area (Å²) in [7, 11) is 0. The van der Waals surface area contributed by atoms with Gasteiger partial charge in [0.1, 0.15) is 0 Å². The number of rotatable bonds is 4. The maximum Gasteiger partial charge on any atom is 0.0761 e. The van der Waals surface area contributed by atoms with Crippen molar-refractivity contribution in [2.24, 2.45) is 0 Å². The first kappa shape index (κ1) is 15.8. The predicted molar refractivity (Wildman–Crippen MR) is 91.7 cm³/mol. The van der Waals surface area contributed by atoms with E-state index in [0.717, 1.165) is 19.7 Å². The lowest BCUT2D eigenvalue weighted by molar-refractivity contribution is 0.630. The number of nitrogens with one attached hydrogen (secondary N) is 1. The van der Waals surface area contributed by atoms with Crippen molar-refractivity contribution in [1.82, 2.24) is 5.32 Å². The minimum atomic E-state index is 0.0677. The molecule has 1 N–H and O–H groups in total. The Labute approximate surface area is 143 Å². The molecule has 1 aromatic heterocycles. The fourth-order valence-corrected chi connectivity index (χ4v) is 5.35. The summed E-state index contributed by atoms with van der Waals surface area (Å²) in [6.07, 6.45) is 0. The van der Waals surface area contributed by atoms with Crippen molar-refractivity contribution in [2.75, 3.05) is 6.54 Å². The lowest BCUT2D eigenvalue weighted by Crippen LogP contribution is -2.21. The first-order valence-corrected chi connectivity index (χ1v) is 8.81. The van der Waals surface area contributed by atoms with E-state index >= 15 is 0 Å². The van der Waals surface area contributed by atoms with Crippen molar-refractivity contribution in [3.8, 4) is 0 Å². The third-order valence-corrected chi connectivity index (χ3v) is 5.44. The summed E-state index contributed by atoms with van der Waals surface area (Å²) in [5.41, 5.74) is 2.24. The average Bonchev–Trinajstić information content (AvgIpc) is 2.64. The highest BCUT2D eigenvalue weighted by Crippen LogP contribution is 2.38. The standard InChI is InChI=1S/C13H11Br2Cl2NS/c1-2-18-12(10-6-11(14)19-13(10)15)7-3-8(16)5-9(17)4-7/h3-6,12,18H,2H2,1H3. The SMILES string of the molecule is CCNC(c1cc(Cl)cc(Cl)c1)c1cc(Br)sc1Br. The van der Waals surface area contributed by atoms with Gasteiger partial charge in [0.05, 0.1) is 13.6 Å². The molecule has 0 aliphatic heterocycles. The Morgan fingerprint density at radius 2 is 1.79 bits per heavy atom. The Morgan fingerprint density at radius 3 is 2.26 bits per heavy atom. The summed E-state index contributed by atoms with van der Waals surface area (Å²) in [6.45, 7) is 2.93. The molecule has 19 heavy (non-hydrogen) atoms. The average molecular weight is 444 g/mol. The topological polar surface area (TPSA) is 12.0 Å². The Bertz CT molecular complexity index is 566. The first-order valence-electron chi connectivity index (χ1n) is 5.65. The number of hydrogen-bond donors (Lipinski definition) is 1. The van der Waals surface area contributed by atoms with Crippen LogP contribution in [0.4, 0.5) is 0 Å². The molecule has 0 saturated carbocycles. The third-order valence-electron chi connectivity index (χ3n) is 2.62. The van der Waals surface area contributed by atoms with Crippen molar-refractivity contribution in [1.29, 1.82) is 0 Å². The molecule has 1 nitrogen and oxygen atoms in total. The number of benzene rings is 1. The molecule has 1 heterocycles.